The van der Waals surface area contributed by atoms with Gasteiger partial charge in [0.15, 0.2) is 0 Å². The largest absolute Gasteiger partial charge is 0.481 e. The van der Waals surface area contributed by atoms with Gasteiger partial charge in [-0.05, 0) is 31.5 Å². The average Bonchev–Trinajstić information content (AvgIpc) is 2.43. The van der Waals surface area contributed by atoms with Crippen LogP contribution in [0.25, 0.3) is 0 Å². The molecule has 112 valence electrons. The van der Waals surface area contributed by atoms with Crippen LogP contribution in [0.3, 0.4) is 0 Å². The summed E-state index contributed by atoms with van der Waals surface area (Å²) in [6.45, 7) is 2.44. The summed E-state index contributed by atoms with van der Waals surface area (Å²) in [5.74, 6) is -0.688. The number of nitrogens with one attached hydrogen (secondary N) is 2. The third kappa shape index (κ3) is 4.82. The number of benzene rings is 1. The number of rotatable bonds is 8. The number of sulfonamides is 1. The minimum atomic E-state index is -3.51. The molecule has 0 aliphatic heterocycles. The van der Waals surface area contributed by atoms with Crippen molar-refractivity contribution in [2.24, 2.45) is 5.92 Å². The van der Waals surface area contributed by atoms with Gasteiger partial charge in [-0.2, -0.15) is 0 Å². The maximum Gasteiger partial charge on any atom is 0.303 e. The summed E-state index contributed by atoms with van der Waals surface area (Å²) in [4.78, 5) is 10.7. The molecule has 1 unspecified atom stereocenters. The van der Waals surface area contributed by atoms with Gasteiger partial charge in [0.2, 0.25) is 10.0 Å². The van der Waals surface area contributed by atoms with Crippen LogP contribution in [-0.4, -0.2) is 33.1 Å². The zero-order valence-electron chi connectivity index (χ0n) is 11.6. The number of hydrogen-bond acceptors (Lipinski definition) is 4. The molecule has 0 saturated carbocycles. The van der Waals surface area contributed by atoms with Crippen molar-refractivity contribution in [1.82, 2.24) is 4.72 Å². The Balaban J connectivity index is 2.72. The number of anilines is 1. The van der Waals surface area contributed by atoms with Crippen LogP contribution in [-0.2, 0) is 14.8 Å². The molecule has 0 radical (unpaired) electrons. The van der Waals surface area contributed by atoms with Gasteiger partial charge in [0.05, 0.1) is 5.69 Å². The van der Waals surface area contributed by atoms with Gasteiger partial charge in [-0.1, -0.05) is 19.1 Å². The van der Waals surface area contributed by atoms with Crippen molar-refractivity contribution in [3.8, 4) is 0 Å². The summed E-state index contributed by atoms with van der Waals surface area (Å²) in [5.41, 5.74) is 0.518. The van der Waals surface area contributed by atoms with Gasteiger partial charge in [-0.3, -0.25) is 4.79 Å². The van der Waals surface area contributed by atoms with Crippen molar-refractivity contribution in [1.29, 1.82) is 0 Å². The molecule has 0 heterocycles. The Bertz CT molecular complexity index is 557. The highest BCUT2D eigenvalue weighted by atomic mass is 32.2. The molecular weight excluding hydrogens is 280 g/mol. The lowest BCUT2D eigenvalue weighted by Gasteiger charge is -2.15. The fraction of sp³-hybridized carbons (Fsp3) is 0.462. The summed E-state index contributed by atoms with van der Waals surface area (Å²) in [5, 5.41) is 11.7. The Morgan fingerprint density at radius 3 is 2.60 bits per heavy atom. The lowest BCUT2D eigenvalue weighted by atomic mass is 10.1. The molecule has 6 nitrogen and oxygen atoms in total. The molecular formula is C13H20N2O4S. The van der Waals surface area contributed by atoms with E-state index in [1.807, 2.05) is 6.92 Å². The molecule has 1 atom stereocenters. The Morgan fingerprint density at radius 2 is 2.00 bits per heavy atom. The Kier molecular flexibility index (Phi) is 5.97. The van der Waals surface area contributed by atoms with Crippen molar-refractivity contribution in [3.05, 3.63) is 24.3 Å². The maximum absolute atomic E-state index is 11.9. The fourth-order valence-electron chi connectivity index (χ4n) is 1.71. The van der Waals surface area contributed by atoms with Crippen LogP contribution in [0.15, 0.2) is 29.2 Å². The van der Waals surface area contributed by atoms with Crippen molar-refractivity contribution in [2.75, 3.05) is 18.9 Å². The highest BCUT2D eigenvalue weighted by Crippen LogP contribution is 2.21. The molecule has 0 aromatic heterocycles. The molecule has 1 rings (SSSR count). The van der Waals surface area contributed by atoms with E-state index in [1.54, 1.807) is 18.2 Å². The van der Waals surface area contributed by atoms with Crippen LogP contribution >= 0.6 is 0 Å². The van der Waals surface area contributed by atoms with Crippen LogP contribution in [0, 0.1) is 5.92 Å². The smallest absolute Gasteiger partial charge is 0.303 e. The number of aliphatic carboxylic acids is 1. The Labute approximate surface area is 119 Å². The molecule has 20 heavy (non-hydrogen) atoms. The van der Waals surface area contributed by atoms with Gasteiger partial charge in [0, 0.05) is 13.0 Å². The van der Waals surface area contributed by atoms with Crippen molar-refractivity contribution >= 4 is 21.7 Å². The van der Waals surface area contributed by atoms with Crippen molar-refractivity contribution < 1.29 is 18.3 Å². The molecule has 1 aromatic carbocycles. The topological polar surface area (TPSA) is 95.5 Å². The molecule has 3 N–H and O–H groups in total. The normalized spacial score (nSPS) is 12.9. The van der Waals surface area contributed by atoms with E-state index in [0.29, 0.717) is 18.7 Å². The number of carboxylic acids is 1. The minimum absolute atomic E-state index is 0.110. The predicted octanol–water partition coefficient (Wildman–Crippen LogP) is 1.51. The number of carbonyl (C=O) groups is 1. The van der Waals surface area contributed by atoms with Crippen LogP contribution in [0.2, 0.25) is 0 Å². The second-order valence-electron chi connectivity index (χ2n) is 4.62. The molecule has 0 aliphatic rings. The summed E-state index contributed by atoms with van der Waals surface area (Å²) in [7, 11) is -2.15. The Morgan fingerprint density at radius 1 is 1.35 bits per heavy atom. The van der Waals surface area contributed by atoms with Gasteiger partial charge in [0.1, 0.15) is 4.90 Å². The number of carboxylic acid groups (broad SMARTS) is 1. The zero-order chi connectivity index (χ0) is 15.2. The third-order valence-corrected chi connectivity index (χ3v) is 4.41. The van der Waals surface area contributed by atoms with E-state index in [1.165, 1.54) is 13.1 Å². The summed E-state index contributed by atoms with van der Waals surface area (Å²) in [6.07, 6.45) is 0.655. The second-order valence-corrected chi connectivity index (χ2v) is 6.48. The fourth-order valence-corrected chi connectivity index (χ4v) is 2.62. The van der Waals surface area contributed by atoms with Crippen LogP contribution in [0.4, 0.5) is 5.69 Å². The molecule has 1 aromatic rings. The number of hydrogen-bond donors (Lipinski definition) is 3. The summed E-state index contributed by atoms with van der Waals surface area (Å²) >= 11 is 0. The average molecular weight is 300 g/mol. The van der Waals surface area contributed by atoms with Crippen molar-refractivity contribution in [3.63, 3.8) is 0 Å². The molecule has 0 bridgehead atoms. The quantitative estimate of drug-likeness (QED) is 0.676. The van der Waals surface area contributed by atoms with Gasteiger partial charge in [-0.25, -0.2) is 13.1 Å². The first kappa shape index (κ1) is 16.5. The summed E-state index contributed by atoms with van der Waals surface area (Å²) in [6, 6.07) is 6.62. The highest BCUT2D eigenvalue weighted by molar-refractivity contribution is 7.89. The van der Waals surface area contributed by atoms with Gasteiger partial charge in [-0.15, -0.1) is 0 Å². The minimum Gasteiger partial charge on any atom is -0.481 e. The first-order chi connectivity index (χ1) is 9.36. The molecule has 0 fully saturated rings. The molecule has 7 heteroatoms. The zero-order valence-corrected chi connectivity index (χ0v) is 12.4. The lowest BCUT2D eigenvalue weighted by Crippen LogP contribution is -2.21. The predicted molar refractivity (Wildman–Crippen MR) is 77.2 cm³/mol. The van der Waals surface area contributed by atoms with Crippen molar-refractivity contribution in [2.45, 2.75) is 24.7 Å². The Hall–Kier alpha value is -1.60. The van der Waals surface area contributed by atoms with E-state index in [0.717, 1.165) is 0 Å². The van der Waals surface area contributed by atoms with Crippen LogP contribution in [0.1, 0.15) is 19.8 Å². The third-order valence-electron chi connectivity index (χ3n) is 2.94. The monoisotopic (exact) mass is 300 g/mol. The number of para-hydroxylation sites is 1. The molecule has 0 saturated heterocycles. The van der Waals surface area contributed by atoms with E-state index < -0.39 is 16.0 Å². The van der Waals surface area contributed by atoms with E-state index in [9.17, 15) is 13.2 Å². The van der Waals surface area contributed by atoms with Gasteiger partial charge < -0.3 is 10.4 Å². The first-order valence-electron chi connectivity index (χ1n) is 6.35. The standard InChI is InChI=1S/C13H20N2O4S/c1-10(7-8-13(16)17)9-15-11-5-3-4-6-12(11)20(18,19)14-2/h3-6,10,14-15H,7-9H2,1-2H3,(H,16,17). The summed E-state index contributed by atoms with van der Waals surface area (Å²) < 4.78 is 26.0. The van der Waals surface area contributed by atoms with E-state index in [-0.39, 0.29) is 17.2 Å². The molecule has 0 amide bonds. The lowest BCUT2D eigenvalue weighted by molar-refractivity contribution is -0.137. The maximum atomic E-state index is 11.9. The molecule has 0 aliphatic carbocycles. The first-order valence-corrected chi connectivity index (χ1v) is 7.83. The van der Waals surface area contributed by atoms with E-state index in [4.69, 9.17) is 5.11 Å². The van der Waals surface area contributed by atoms with Crippen LogP contribution in [0.5, 0.6) is 0 Å². The van der Waals surface area contributed by atoms with E-state index >= 15 is 0 Å². The SMILES string of the molecule is CNS(=O)(=O)c1ccccc1NCC(C)CCC(=O)O. The second kappa shape index (κ2) is 7.25. The van der Waals surface area contributed by atoms with Crippen LogP contribution < -0.4 is 10.0 Å². The van der Waals surface area contributed by atoms with E-state index in [2.05, 4.69) is 10.0 Å². The highest BCUT2D eigenvalue weighted by Gasteiger charge is 2.16. The van der Waals surface area contributed by atoms with Gasteiger partial charge in [0.25, 0.3) is 0 Å². The van der Waals surface area contributed by atoms with Gasteiger partial charge >= 0.3 is 5.97 Å². The molecule has 0 spiro atoms.